The first kappa shape index (κ1) is 19.6. The standard InChI is InChI=1S/C16H18F3N3O4S/c1-10-15(11(2)26-21-10)27(23,24)22-7-5-13(6-8-22)25-14-4-3-12(9-20-14)16(17,18)19/h3-4,9,13H,5-8H2,1-2H3. The largest absolute Gasteiger partial charge is 0.474 e. The first-order chi connectivity index (χ1) is 12.6. The SMILES string of the molecule is Cc1noc(C)c1S(=O)(=O)N1CCC(Oc2ccc(C(F)(F)F)cn2)CC1. The molecule has 0 saturated carbocycles. The van der Waals surface area contributed by atoms with Gasteiger partial charge in [0.25, 0.3) is 0 Å². The molecule has 0 aliphatic carbocycles. The van der Waals surface area contributed by atoms with Crippen molar-refractivity contribution in [2.24, 2.45) is 0 Å². The number of aromatic nitrogens is 2. The number of piperidine rings is 1. The molecule has 0 N–H and O–H groups in total. The normalized spacial score (nSPS) is 17.2. The van der Waals surface area contributed by atoms with Crippen LogP contribution in [-0.2, 0) is 16.2 Å². The van der Waals surface area contributed by atoms with Crippen molar-refractivity contribution in [2.45, 2.75) is 43.9 Å². The van der Waals surface area contributed by atoms with E-state index >= 15 is 0 Å². The second-order valence-corrected chi connectivity index (χ2v) is 8.13. The van der Waals surface area contributed by atoms with E-state index in [2.05, 4.69) is 10.1 Å². The van der Waals surface area contributed by atoms with Gasteiger partial charge in [-0.3, -0.25) is 0 Å². The Labute approximate surface area is 154 Å². The quantitative estimate of drug-likeness (QED) is 0.778. The lowest BCUT2D eigenvalue weighted by Crippen LogP contribution is -2.42. The number of aryl methyl sites for hydroxylation is 2. The van der Waals surface area contributed by atoms with Crippen molar-refractivity contribution in [1.29, 1.82) is 0 Å². The molecule has 11 heteroatoms. The van der Waals surface area contributed by atoms with Crippen molar-refractivity contribution >= 4 is 10.0 Å². The fourth-order valence-corrected chi connectivity index (χ4v) is 4.71. The van der Waals surface area contributed by atoms with E-state index in [1.807, 2.05) is 0 Å². The topological polar surface area (TPSA) is 85.5 Å². The van der Waals surface area contributed by atoms with Gasteiger partial charge in [0.2, 0.25) is 15.9 Å². The van der Waals surface area contributed by atoms with Crippen molar-refractivity contribution in [3.05, 3.63) is 35.3 Å². The maximum absolute atomic E-state index is 12.8. The number of hydrogen-bond acceptors (Lipinski definition) is 6. The molecule has 0 amide bonds. The third-order valence-corrected chi connectivity index (χ3v) is 6.46. The fourth-order valence-electron chi connectivity index (χ4n) is 2.95. The van der Waals surface area contributed by atoms with Gasteiger partial charge >= 0.3 is 6.18 Å². The Balaban J connectivity index is 1.62. The summed E-state index contributed by atoms with van der Waals surface area (Å²) in [5, 5.41) is 3.68. The van der Waals surface area contributed by atoms with Crippen LogP contribution in [0.3, 0.4) is 0 Å². The molecular weight excluding hydrogens is 387 g/mol. The van der Waals surface area contributed by atoms with Crippen LogP contribution in [0.15, 0.2) is 27.7 Å². The molecule has 1 aliphatic rings. The summed E-state index contributed by atoms with van der Waals surface area (Å²) in [6.45, 7) is 3.55. The number of rotatable bonds is 4. The van der Waals surface area contributed by atoms with Gasteiger partial charge < -0.3 is 9.26 Å². The Morgan fingerprint density at radius 3 is 2.37 bits per heavy atom. The minimum absolute atomic E-state index is 0.0753. The molecule has 1 aliphatic heterocycles. The summed E-state index contributed by atoms with van der Waals surface area (Å²) in [5.41, 5.74) is -0.546. The molecule has 0 unspecified atom stereocenters. The first-order valence-corrected chi connectivity index (χ1v) is 9.66. The lowest BCUT2D eigenvalue weighted by molar-refractivity contribution is -0.137. The van der Waals surface area contributed by atoms with Crippen LogP contribution in [-0.4, -0.2) is 42.1 Å². The zero-order chi connectivity index (χ0) is 19.8. The van der Waals surface area contributed by atoms with Gasteiger partial charge in [-0.2, -0.15) is 17.5 Å². The molecule has 0 atom stereocenters. The summed E-state index contributed by atoms with van der Waals surface area (Å²) in [7, 11) is -3.72. The van der Waals surface area contributed by atoms with Gasteiger partial charge in [-0.05, 0) is 32.8 Å². The number of hydrogen-bond donors (Lipinski definition) is 0. The van der Waals surface area contributed by atoms with Crippen LogP contribution in [0, 0.1) is 13.8 Å². The molecule has 0 aromatic carbocycles. The first-order valence-electron chi connectivity index (χ1n) is 8.22. The number of sulfonamides is 1. The van der Waals surface area contributed by atoms with Crippen LogP contribution < -0.4 is 4.74 Å². The van der Waals surface area contributed by atoms with Gasteiger partial charge in [-0.25, -0.2) is 13.4 Å². The van der Waals surface area contributed by atoms with E-state index in [4.69, 9.17) is 9.26 Å². The third-order valence-electron chi connectivity index (χ3n) is 4.32. The summed E-state index contributed by atoms with van der Waals surface area (Å²) in [6.07, 6.45) is -3.28. The second-order valence-electron chi connectivity index (χ2n) is 6.26. The number of pyridine rings is 1. The summed E-state index contributed by atoms with van der Waals surface area (Å²) >= 11 is 0. The number of ether oxygens (including phenoxy) is 1. The summed E-state index contributed by atoms with van der Waals surface area (Å²) in [6, 6.07) is 2.06. The van der Waals surface area contributed by atoms with E-state index in [-0.39, 0.29) is 35.7 Å². The zero-order valence-corrected chi connectivity index (χ0v) is 15.5. The molecule has 0 bridgehead atoms. The predicted octanol–water partition coefficient (Wildman–Crippen LogP) is 2.94. The van der Waals surface area contributed by atoms with E-state index in [1.54, 1.807) is 13.8 Å². The highest BCUT2D eigenvalue weighted by atomic mass is 32.2. The molecule has 2 aromatic heterocycles. The molecule has 1 fully saturated rings. The van der Waals surface area contributed by atoms with Crippen LogP contribution in [0.1, 0.15) is 29.9 Å². The average Bonchev–Trinajstić information content (AvgIpc) is 2.94. The molecule has 0 spiro atoms. The summed E-state index contributed by atoms with van der Waals surface area (Å²) in [5.74, 6) is 0.315. The number of nitrogens with zero attached hydrogens (tertiary/aromatic N) is 3. The maximum Gasteiger partial charge on any atom is 0.417 e. The monoisotopic (exact) mass is 405 g/mol. The maximum atomic E-state index is 12.8. The Morgan fingerprint density at radius 2 is 1.89 bits per heavy atom. The average molecular weight is 405 g/mol. The van der Waals surface area contributed by atoms with Crippen molar-refractivity contribution < 1.29 is 30.8 Å². The Kier molecular flexibility index (Phi) is 5.17. The van der Waals surface area contributed by atoms with Gasteiger partial charge in [-0.15, -0.1) is 0 Å². The molecule has 0 radical (unpaired) electrons. The van der Waals surface area contributed by atoms with E-state index in [0.29, 0.717) is 24.7 Å². The summed E-state index contributed by atoms with van der Waals surface area (Å²) < 4.78 is 75.0. The highest BCUT2D eigenvalue weighted by Gasteiger charge is 2.35. The van der Waals surface area contributed by atoms with Crippen molar-refractivity contribution in [2.75, 3.05) is 13.1 Å². The molecular formula is C16H18F3N3O4S. The number of halogens is 3. The molecule has 148 valence electrons. The highest BCUT2D eigenvalue weighted by molar-refractivity contribution is 7.89. The number of alkyl halides is 3. The lowest BCUT2D eigenvalue weighted by atomic mass is 10.1. The lowest BCUT2D eigenvalue weighted by Gasteiger charge is -2.31. The second kappa shape index (κ2) is 7.12. The van der Waals surface area contributed by atoms with Crippen LogP contribution in [0.25, 0.3) is 0 Å². The Hall–Kier alpha value is -2.14. The predicted molar refractivity (Wildman–Crippen MR) is 87.6 cm³/mol. The zero-order valence-electron chi connectivity index (χ0n) is 14.7. The Bertz CT molecular complexity index is 882. The summed E-state index contributed by atoms with van der Waals surface area (Å²) in [4.78, 5) is 3.75. The van der Waals surface area contributed by atoms with Crippen LogP contribution >= 0.6 is 0 Å². The van der Waals surface area contributed by atoms with Gasteiger partial charge in [-0.1, -0.05) is 5.16 Å². The van der Waals surface area contributed by atoms with Crippen LogP contribution in [0.4, 0.5) is 13.2 Å². The van der Waals surface area contributed by atoms with Crippen LogP contribution in [0.2, 0.25) is 0 Å². The molecule has 2 aromatic rings. The molecule has 7 nitrogen and oxygen atoms in total. The minimum atomic E-state index is -4.45. The van der Waals surface area contributed by atoms with Gasteiger partial charge in [0.15, 0.2) is 5.76 Å². The molecule has 1 saturated heterocycles. The van der Waals surface area contributed by atoms with E-state index in [0.717, 1.165) is 12.1 Å². The van der Waals surface area contributed by atoms with Gasteiger partial charge in [0, 0.05) is 25.4 Å². The van der Waals surface area contributed by atoms with E-state index < -0.39 is 21.8 Å². The van der Waals surface area contributed by atoms with E-state index in [1.165, 1.54) is 4.31 Å². The van der Waals surface area contributed by atoms with Crippen molar-refractivity contribution in [3.8, 4) is 5.88 Å². The van der Waals surface area contributed by atoms with Crippen molar-refractivity contribution in [3.63, 3.8) is 0 Å². The molecule has 3 heterocycles. The minimum Gasteiger partial charge on any atom is -0.474 e. The Morgan fingerprint density at radius 1 is 1.22 bits per heavy atom. The van der Waals surface area contributed by atoms with Crippen molar-refractivity contribution in [1.82, 2.24) is 14.4 Å². The highest BCUT2D eigenvalue weighted by Crippen LogP contribution is 2.30. The third kappa shape index (κ3) is 4.08. The van der Waals surface area contributed by atoms with Crippen LogP contribution in [0.5, 0.6) is 5.88 Å². The smallest absolute Gasteiger partial charge is 0.417 e. The van der Waals surface area contributed by atoms with Gasteiger partial charge in [0.1, 0.15) is 16.7 Å². The fraction of sp³-hybridized carbons (Fsp3) is 0.500. The van der Waals surface area contributed by atoms with Gasteiger partial charge in [0.05, 0.1) is 5.56 Å². The molecule has 3 rings (SSSR count). The van der Waals surface area contributed by atoms with E-state index in [9.17, 15) is 21.6 Å². The molecule has 27 heavy (non-hydrogen) atoms.